The van der Waals surface area contributed by atoms with E-state index in [0.29, 0.717) is 0 Å². The smallest absolute Gasteiger partial charge is 0.254 e. The lowest BCUT2D eigenvalue weighted by Crippen LogP contribution is -2.38. The van der Waals surface area contributed by atoms with Gasteiger partial charge in [0.05, 0.1) is 18.1 Å². The summed E-state index contributed by atoms with van der Waals surface area (Å²) in [6, 6.07) is 7.84. The summed E-state index contributed by atoms with van der Waals surface area (Å²) in [5.41, 5.74) is 2.06. The van der Waals surface area contributed by atoms with Crippen LogP contribution in [0.2, 0.25) is 0 Å². The van der Waals surface area contributed by atoms with Crippen LogP contribution in [0.4, 0.5) is 0 Å². The number of rotatable bonds is 2. The zero-order chi connectivity index (χ0) is 15.3. The molecule has 0 radical (unpaired) electrons. The summed E-state index contributed by atoms with van der Waals surface area (Å²) in [6.07, 6.45) is 7.86. The van der Waals surface area contributed by atoms with Crippen molar-refractivity contribution in [2.24, 2.45) is 28.8 Å². The van der Waals surface area contributed by atoms with Crippen LogP contribution in [0, 0.1) is 30.6 Å². The molecule has 4 aliphatic rings. The van der Waals surface area contributed by atoms with Gasteiger partial charge in [0.25, 0.3) is 11.8 Å². The molecule has 3 aliphatic carbocycles. The van der Waals surface area contributed by atoms with Gasteiger partial charge in [-0.25, -0.2) is 0 Å². The molecule has 2 fully saturated rings. The van der Waals surface area contributed by atoms with Gasteiger partial charge in [-0.1, -0.05) is 42.0 Å². The van der Waals surface area contributed by atoms with Gasteiger partial charge in [-0.05, 0) is 37.2 Å². The third-order valence-corrected chi connectivity index (χ3v) is 5.14. The Labute approximate surface area is 129 Å². The molecule has 1 aliphatic heterocycles. The second kappa shape index (κ2) is 4.90. The van der Waals surface area contributed by atoms with Crippen LogP contribution in [-0.4, -0.2) is 23.0 Å². The van der Waals surface area contributed by atoms with E-state index < -0.39 is 0 Å². The predicted molar refractivity (Wildman–Crippen MR) is 83.0 cm³/mol. The quantitative estimate of drug-likeness (QED) is 0.478. The van der Waals surface area contributed by atoms with Crippen molar-refractivity contribution in [2.75, 3.05) is 0 Å². The lowest BCUT2D eigenvalue weighted by atomic mass is 9.63. The Kier molecular flexibility index (Phi) is 2.99. The van der Waals surface area contributed by atoms with Crippen LogP contribution in [0.1, 0.15) is 24.0 Å². The molecule has 0 aromatic heterocycles. The van der Waals surface area contributed by atoms with Crippen LogP contribution in [0.5, 0.6) is 0 Å². The number of hydrogen-bond acceptors (Lipinski definition) is 3. The maximum atomic E-state index is 12.6. The first kappa shape index (κ1) is 13.4. The number of benzene rings is 1. The highest BCUT2D eigenvalue weighted by molar-refractivity contribution is 6.06. The van der Waals surface area contributed by atoms with Gasteiger partial charge in [0.1, 0.15) is 0 Å². The van der Waals surface area contributed by atoms with Gasteiger partial charge < -0.3 is 0 Å². The Morgan fingerprint density at radius 3 is 2.05 bits per heavy atom. The highest BCUT2D eigenvalue weighted by Gasteiger charge is 2.56. The molecule has 2 bridgehead atoms. The van der Waals surface area contributed by atoms with Gasteiger partial charge in [0, 0.05) is 0 Å². The number of carbonyl (C=O) groups excluding carboxylic acids is 2. The van der Waals surface area contributed by atoms with Crippen LogP contribution in [0.3, 0.4) is 0 Å². The summed E-state index contributed by atoms with van der Waals surface area (Å²) in [4.78, 5) is 25.1. The number of imide groups is 1. The number of aryl methyl sites for hydroxylation is 1. The molecule has 1 saturated carbocycles. The van der Waals surface area contributed by atoms with Crippen molar-refractivity contribution < 1.29 is 9.59 Å². The molecule has 4 heteroatoms. The molecule has 1 heterocycles. The van der Waals surface area contributed by atoms with Crippen molar-refractivity contribution >= 4 is 18.0 Å². The first-order chi connectivity index (χ1) is 10.6. The van der Waals surface area contributed by atoms with Gasteiger partial charge >= 0.3 is 0 Å². The van der Waals surface area contributed by atoms with Crippen molar-refractivity contribution in [3.63, 3.8) is 0 Å². The van der Waals surface area contributed by atoms with E-state index in [-0.39, 0.29) is 35.5 Å². The van der Waals surface area contributed by atoms with Gasteiger partial charge in [0.2, 0.25) is 0 Å². The topological polar surface area (TPSA) is 49.7 Å². The number of nitrogens with zero attached hydrogens (tertiary/aromatic N) is 2. The van der Waals surface area contributed by atoms with Crippen molar-refractivity contribution in [1.82, 2.24) is 5.01 Å². The fourth-order valence-electron chi connectivity index (χ4n) is 3.95. The SMILES string of the molecule is Cc1ccc(/C=N\N2C(=O)[C@@H]3[C@@H](C2=O)[C@H]2C=C[C@@H]3CC2)cc1. The number of hydrogen-bond donors (Lipinski definition) is 0. The van der Waals surface area contributed by atoms with E-state index in [2.05, 4.69) is 17.3 Å². The Balaban J connectivity index is 1.60. The lowest BCUT2D eigenvalue weighted by Gasteiger charge is -2.37. The lowest BCUT2D eigenvalue weighted by molar-refractivity contribution is -0.140. The molecular formula is C18H18N2O2. The van der Waals surface area contributed by atoms with Gasteiger partial charge in [0.15, 0.2) is 0 Å². The normalized spacial score (nSPS) is 33.0. The molecule has 1 saturated heterocycles. The monoisotopic (exact) mass is 294 g/mol. The van der Waals surface area contributed by atoms with Gasteiger partial charge in [-0.3, -0.25) is 9.59 Å². The fourth-order valence-corrected chi connectivity index (χ4v) is 3.95. The first-order valence-corrected chi connectivity index (χ1v) is 7.82. The van der Waals surface area contributed by atoms with Crippen LogP contribution >= 0.6 is 0 Å². The Bertz CT molecular complexity index is 658. The third-order valence-electron chi connectivity index (χ3n) is 5.14. The number of hydrazone groups is 1. The minimum Gasteiger partial charge on any atom is -0.272 e. The Hall–Kier alpha value is -2.23. The number of allylic oxidation sites excluding steroid dienone is 2. The zero-order valence-electron chi connectivity index (χ0n) is 12.5. The highest BCUT2D eigenvalue weighted by Crippen LogP contribution is 2.49. The van der Waals surface area contributed by atoms with E-state index in [0.717, 1.165) is 23.4 Å². The molecule has 4 atom stereocenters. The zero-order valence-corrected chi connectivity index (χ0v) is 12.5. The average molecular weight is 294 g/mol. The number of carbonyl (C=O) groups is 2. The minimum atomic E-state index is -0.189. The molecule has 5 rings (SSSR count). The number of amides is 2. The minimum absolute atomic E-state index is 0.127. The van der Waals surface area contributed by atoms with Crippen molar-refractivity contribution in [2.45, 2.75) is 19.8 Å². The summed E-state index contributed by atoms with van der Waals surface area (Å²) < 4.78 is 0. The fraction of sp³-hybridized carbons (Fsp3) is 0.389. The first-order valence-electron chi connectivity index (χ1n) is 7.82. The molecule has 0 unspecified atom stereocenters. The molecular weight excluding hydrogens is 276 g/mol. The van der Waals surface area contributed by atoms with Gasteiger partial charge in [-0.2, -0.15) is 10.1 Å². The maximum absolute atomic E-state index is 12.6. The van der Waals surface area contributed by atoms with E-state index in [4.69, 9.17) is 0 Å². The largest absolute Gasteiger partial charge is 0.272 e. The standard InChI is InChI=1S/C18H18N2O2/c1-11-2-4-12(5-3-11)10-19-20-17(21)15-13-6-7-14(9-8-13)16(15)18(20)22/h2-7,10,13-16H,8-9H2,1H3/b19-10-/t13-,14+,15-,16-/m0/s1. The molecule has 0 N–H and O–H groups in total. The van der Waals surface area contributed by atoms with E-state index in [1.807, 2.05) is 31.2 Å². The molecule has 2 amide bonds. The maximum Gasteiger partial charge on any atom is 0.254 e. The summed E-state index contributed by atoms with van der Waals surface area (Å²) in [5, 5.41) is 5.29. The second-order valence-corrected chi connectivity index (χ2v) is 6.49. The van der Waals surface area contributed by atoms with Crippen LogP contribution in [-0.2, 0) is 9.59 Å². The second-order valence-electron chi connectivity index (χ2n) is 6.49. The number of fused-ring (bicyclic) bond motifs is 1. The summed E-state index contributed by atoms with van der Waals surface area (Å²) in [6.45, 7) is 2.02. The molecule has 22 heavy (non-hydrogen) atoms. The van der Waals surface area contributed by atoms with Gasteiger partial charge in [-0.15, -0.1) is 0 Å². The van der Waals surface area contributed by atoms with E-state index in [9.17, 15) is 9.59 Å². The van der Waals surface area contributed by atoms with E-state index in [1.165, 1.54) is 5.56 Å². The molecule has 1 aromatic carbocycles. The molecule has 4 nitrogen and oxygen atoms in total. The van der Waals surface area contributed by atoms with Crippen LogP contribution < -0.4 is 0 Å². The highest BCUT2D eigenvalue weighted by atomic mass is 16.2. The Morgan fingerprint density at radius 2 is 1.55 bits per heavy atom. The van der Waals surface area contributed by atoms with Crippen molar-refractivity contribution in [3.8, 4) is 0 Å². The van der Waals surface area contributed by atoms with Crippen LogP contribution in [0.15, 0.2) is 41.5 Å². The van der Waals surface area contributed by atoms with Crippen LogP contribution in [0.25, 0.3) is 0 Å². The van der Waals surface area contributed by atoms with Crippen molar-refractivity contribution in [3.05, 3.63) is 47.5 Å². The third kappa shape index (κ3) is 1.94. The Morgan fingerprint density at radius 1 is 1.00 bits per heavy atom. The summed E-state index contributed by atoms with van der Waals surface area (Å²) >= 11 is 0. The molecule has 112 valence electrons. The van der Waals surface area contributed by atoms with E-state index in [1.54, 1.807) is 6.21 Å². The summed E-state index contributed by atoms with van der Waals surface area (Å²) in [5.74, 6) is -0.204. The molecule has 1 aromatic rings. The van der Waals surface area contributed by atoms with E-state index >= 15 is 0 Å². The predicted octanol–water partition coefficient (Wildman–Crippen LogP) is 2.53. The average Bonchev–Trinajstić information content (AvgIpc) is 2.82. The summed E-state index contributed by atoms with van der Waals surface area (Å²) in [7, 11) is 0. The molecule has 0 spiro atoms. The van der Waals surface area contributed by atoms with Crippen molar-refractivity contribution in [1.29, 1.82) is 0 Å².